The Hall–Kier alpha value is -1.76. The van der Waals surface area contributed by atoms with Gasteiger partial charge in [0.1, 0.15) is 6.73 Å². The van der Waals surface area contributed by atoms with Gasteiger partial charge in [-0.25, -0.2) is 4.79 Å². The highest BCUT2D eigenvalue weighted by molar-refractivity contribution is 5.50. The zero-order chi connectivity index (χ0) is 10.8. The molecule has 0 aliphatic carbocycles. The summed E-state index contributed by atoms with van der Waals surface area (Å²) in [6, 6.07) is 0. The summed E-state index contributed by atoms with van der Waals surface area (Å²) >= 11 is 0. The number of hydrogen-bond acceptors (Lipinski definition) is 6. The zero-order valence-corrected chi connectivity index (χ0v) is 8.11. The van der Waals surface area contributed by atoms with Crippen LogP contribution in [0.2, 0.25) is 0 Å². The lowest BCUT2D eigenvalue weighted by Gasteiger charge is -2.13. The highest BCUT2D eigenvalue weighted by atomic mass is 16.6. The molecule has 7 heteroatoms. The smallest absolute Gasteiger partial charge is 0.421 e. The van der Waals surface area contributed by atoms with Crippen LogP contribution in [0, 0.1) is 0 Å². The van der Waals surface area contributed by atoms with Gasteiger partial charge >= 0.3 is 11.3 Å². The van der Waals surface area contributed by atoms with E-state index in [2.05, 4.69) is 0 Å². The standard InChI is InChI=1S/C8H10N2O5/c1-2-13-3-10-4-14-5-6(11)9-8(12)15-7(5)10/h2-4H2,1H3,(H,9,11,12). The first-order chi connectivity index (χ1) is 7.22. The van der Waals surface area contributed by atoms with Crippen molar-refractivity contribution in [1.82, 2.24) is 4.98 Å². The van der Waals surface area contributed by atoms with Crippen LogP contribution in [0.1, 0.15) is 6.92 Å². The Morgan fingerprint density at radius 1 is 1.53 bits per heavy atom. The molecule has 1 aromatic heterocycles. The highest BCUT2D eigenvalue weighted by Crippen LogP contribution is 2.27. The monoisotopic (exact) mass is 214 g/mol. The van der Waals surface area contributed by atoms with Gasteiger partial charge in [-0.15, -0.1) is 0 Å². The molecule has 1 aliphatic heterocycles. The van der Waals surface area contributed by atoms with Gasteiger partial charge in [-0.1, -0.05) is 0 Å². The molecule has 0 unspecified atom stereocenters. The number of hydrogen-bond donors (Lipinski definition) is 1. The largest absolute Gasteiger partial charge is 0.462 e. The van der Waals surface area contributed by atoms with Crippen molar-refractivity contribution in [2.24, 2.45) is 0 Å². The van der Waals surface area contributed by atoms with E-state index in [9.17, 15) is 9.59 Å². The average molecular weight is 214 g/mol. The lowest BCUT2D eigenvalue weighted by Crippen LogP contribution is -2.26. The van der Waals surface area contributed by atoms with Crippen molar-refractivity contribution in [2.75, 3.05) is 25.0 Å². The molecule has 82 valence electrons. The van der Waals surface area contributed by atoms with Crippen LogP contribution in [0.15, 0.2) is 14.0 Å². The summed E-state index contributed by atoms with van der Waals surface area (Å²) in [6.07, 6.45) is 0. The molecule has 2 rings (SSSR count). The van der Waals surface area contributed by atoms with Crippen LogP contribution in [-0.2, 0) is 4.74 Å². The molecule has 0 spiro atoms. The molecule has 15 heavy (non-hydrogen) atoms. The Morgan fingerprint density at radius 2 is 2.33 bits per heavy atom. The minimum atomic E-state index is -0.800. The number of rotatable bonds is 3. The molecule has 0 saturated carbocycles. The fourth-order valence-corrected chi connectivity index (χ4v) is 1.24. The molecule has 1 aliphatic rings. The van der Waals surface area contributed by atoms with Crippen LogP contribution in [0.5, 0.6) is 5.75 Å². The highest BCUT2D eigenvalue weighted by Gasteiger charge is 2.27. The quantitative estimate of drug-likeness (QED) is 0.728. The minimum absolute atomic E-state index is 0.0225. The number of ether oxygens (including phenoxy) is 2. The van der Waals surface area contributed by atoms with Gasteiger partial charge in [-0.05, 0) is 6.92 Å². The molecule has 0 atom stereocenters. The third-order valence-electron chi connectivity index (χ3n) is 1.91. The maximum absolute atomic E-state index is 11.2. The first-order valence-corrected chi connectivity index (χ1v) is 4.45. The van der Waals surface area contributed by atoms with Crippen LogP contribution >= 0.6 is 0 Å². The van der Waals surface area contributed by atoms with Gasteiger partial charge in [0.25, 0.3) is 5.88 Å². The number of H-pyrrole nitrogens is 1. The van der Waals surface area contributed by atoms with Crippen LogP contribution in [0.25, 0.3) is 0 Å². The molecular weight excluding hydrogens is 204 g/mol. The summed E-state index contributed by atoms with van der Waals surface area (Å²) in [5.41, 5.74) is -0.583. The SMILES string of the molecule is CCOCN1COc2c1oc(=O)[nH]c2=O. The summed E-state index contributed by atoms with van der Waals surface area (Å²) < 4.78 is 15.0. The Kier molecular flexibility index (Phi) is 2.46. The van der Waals surface area contributed by atoms with E-state index in [1.54, 1.807) is 0 Å². The van der Waals surface area contributed by atoms with Gasteiger partial charge in [0.15, 0.2) is 6.73 Å². The third-order valence-corrected chi connectivity index (χ3v) is 1.91. The second-order valence-corrected chi connectivity index (χ2v) is 2.91. The van der Waals surface area contributed by atoms with E-state index in [1.165, 1.54) is 4.90 Å². The maximum atomic E-state index is 11.2. The van der Waals surface area contributed by atoms with Gasteiger partial charge in [0.2, 0.25) is 5.75 Å². The third kappa shape index (κ3) is 1.73. The Morgan fingerprint density at radius 3 is 3.07 bits per heavy atom. The molecule has 7 nitrogen and oxygen atoms in total. The van der Waals surface area contributed by atoms with E-state index >= 15 is 0 Å². The number of aromatic nitrogens is 1. The minimum Gasteiger partial charge on any atom is -0.462 e. The number of fused-ring (bicyclic) bond motifs is 1. The lowest BCUT2D eigenvalue weighted by atomic mass is 10.5. The number of aromatic amines is 1. The predicted molar refractivity (Wildman–Crippen MR) is 50.1 cm³/mol. The summed E-state index contributed by atoms with van der Waals surface area (Å²) in [6.45, 7) is 2.73. The lowest BCUT2D eigenvalue weighted by molar-refractivity contribution is 0.137. The van der Waals surface area contributed by atoms with Crippen molar-refractivity contribution < 1.29 is 13.9 Å². The van der Waals surface area contributed by atoms with Crippen LogP contribution < -0.4 is 21.0 Å². The first-order valence-electron chi connectivity index (χ1n) is 4.45. The molecule has 0 radical (unpaired) electrons. The van der Waals surface area contributed by atoms with Gasteiger partial charge in [-0.3, -0.25) is 14.7 Å². The molecule has 0 aromatic carbocycles. The fourth-order valence-electron chi connectivity index (χ4n) is 1.24. The molecule has 0 bridgehead atoms. The molecule has 0 fully saturated rings. The van der Waals surface area contributed by atoms with Crippen LogP contribution in [0.4, 0.5) is 5.88 Å². The zero-order valence-electron chi connectivity index (χ0n) is 8.11. The van der Waals surface area contributed by atoms with E-state index in [4.69, 9.17) is 13.9 Å². The summed E-state index contributed by atoms with van der Waals surface area (Å²) in [5, 5.41) is 0. The van der Waals surface area contributed by atoms with Gasteiger partial charge in [0.05, 0.1) is 0 Å². The van der Waals surface area contributed by atoms with Crippen molar-refractivity contribution >= 4 is 5.88 Å². The second kappa shape index (κ2) is 3.77. The molecule has 1 aromatic rings. The van der Waals surface area contributed by atoms with E-state index < -0.39 is 11.3 Å². The van der Waals surface area contributed by atoms with E-state index in [-0.39, 0.29) is 25.1 Å². The van der Waals surface area contributed by atoms with Crippen LogP contribution in [0.3, 0.4) is 0 Å². The molecule has 0 saturated heterocycles. The van der Waals surface area contributed by atoms with Gasteiger partial charge in [0, 0.05) is 6.61 Å². The normalized spacial score (nSPS) is 13.8. The summed E-state index contributed by atoms with van der Waals surface area (Å²) in [4.78, 5) is 25.7. The van der Waals surface area contributed by atoms with Crippen molar-refractivity contribution in [3.05, 3.63) is 20.9 Å². The maximum Gasteiger partial charge on any atom is 0.421 e. The molecule has 0 amide bonds. The average Bonchev–Trinajstić information content (AvgIpc) is 2.58. The van der Waals surface area contributed by atoms with Crippen molar-refractivity contribution in [2.45, 2.75) is 6.92 Å². The first kappa shape index (κ1) is 9.78. The van der Waals surface area contributed by atoms with E-state index in [1.807, 2.05) is 11.9 Å². The Balaban J connectivity index is 2.33. The molecule has 1 N–H and O–H groups in total. The van der Waals surface area contributed by atoms with Gasteiger partial charge in [-0.2, -0.15) is 0 Å². The van der Waals surface area contributed by atoms with Gasteiger partial charge < -0.3 is 13.9 Å². The van der Waals surface area contributed by atoms with E-state index in [0.29, 0.717) is 6.61 Å². The Labute approximate surface area is 84.2 Å². The van der Waals surface area contributed by atoms with Crippen LogP contribution in [-0.4, -0.2) is 25.1 Å². The topological polar surface area (TPSA) is 84.8 Å². The van der Waals surface area contributed by atoms with Crippen molar-refractivity contribution in [3.63, 3.8) is 0 Å². The number of nitrogens with zero attached hydrogens (tertiary/aromatic N) is 1. The molecular formula is C8H10N2O5. The fraction of sp³-hybridized carbons (Fsp3) is 0.500. The second-order valence-electron chi connectivity index (χ2n) is 2.91. The van der Waals surface area contributed by atoms with E-state index in [0.717, 1.165) is 0 Å². The number of anilines is 1. The molecule has 2 heterocycles. The predicted octanol–water partition coefficient (Wildman–Crippen LogP) is -0.522. The summed E-state index contributed by atoms with van der Waals surface area (Å²) in [7, 11) is 0. The van der Waals surface area contributed by atoms with Crippen molar-refractivity contribution in [3.8, 4) is 5.75 Å². The number of nitrogens with one attached hydrogen (secondary N) is 1. The van der Waals surface area contributed by atoms with Crippen molar-refractivity contribution in [1.29, 1.82) is 0 Å². The summed E-state index contributed by atoms with van der Waals surface area (Å²) in [5.74, 6) is -0.655. The Bertz CT molecular complexity index is 463.